The first-order valence-corrected chi connectivity index (χ1v) is 11.8. The maximum absolute atomic E-state index is 14.9. The molecule has 10 nitrogen and oxygen atoms in total. The van der Waals surface area contributed by atoms with Crippen molar-refractivity contribution in [2.24, 2.45) is 5.92 Å². The average Bonchev–Trinajstić information content (AvgIpc) is 3.17. The smallest absolute Gasteiger partial charge is 0.254 e. The number of halogens is 3. The average molecular weight is 520 g/mol. The van der Waals surface area contributed by atoms with E-state index in [9.17, 15) is 13.6 Å². The Morgan fingerprint density at radius 1 is 1.08 bits per heavy atom. The highest BCUT2D eigenvalue weighted by molar-refractivity contribution is 6.31. The number of pyridine rings is 1. The number of aryl methyl sites for hydroxylation is 1. The van der Waals surface area contributed by atoms with Crippen LogP contribution in [0.3, 0.4) is 0 Å². The maximum Gasteiger partial charge on any atom is 0.254 e. The van der Waals surface area contributed by atoms with Crippen molar-refractivity contribution in [2.75, 3.05) is 0 Å². The minimum Gasteiger partial charge on any atom is -0.317 e. The summed E-state index contributed by atoms with van der Waals surface area (Å²) in [5, 5.41) is 11.8. The van der Waals surface area contributed by atoms with E-state index in [1.165, 1.54) is 27.7 Å². The predicted octanol–water partition coefficient (Wildman–Crippen LogP) is 3.62. The lowest BCUT2D eigenvalue weighted by Crippen LogP contribution is -2.27. The minimum atomic E-state index is -0.809. The fourth-order valence-corrected chi connectivity index (χ4v) is 5.31. The molecule has 0 radical (unpaired) electrons. The van der Waals surface area contributed by atoms with E-state index < -0.39 is 17.9 Å². The standard InChI is InChI=1S/C24H16ClF2N9O/c1-10-2-4-12(21(26)29-10)19-22(27)32-23(31-19)20-13-7-14(13)24-30-16(8-18(37)36(20)24)15-6-11(25)3-5-17(15)35-9-28-33-34-35/h2-6,8-9,13-14,20H,7H2,1H3,(H,31,32). The molecule has 3 unspecified atom stereocenters. The Labute approximate surface area is 212 Å². The summed E-state index contributed by atoms with van der Waals surface area (Å²) >= 11 is 6.26. The summed E-state index contributed by atoms with van der Waals surface area (Å²) in [4.78, 5) is 29.0. The van der Waals surface area contributed by atoms with Gasteiger partial charge in [0.25, 0.3) is 5.56 Å². The van der Waals surface area contributed by atoms with E-state index in [1.54, 1.807) is 31.2 Å². The molecular weight excluding hydrogens is 504 g/mol. The molecule has 7 rings (SSSR count). The third-order valence-corrected chi connectivity index (χ3v) is 7.10. The Kier molecular flexibility index (Phi) is 4.64. The van der Waals surface area contributed by atoms with Gasteiger partial charge in [0.2, 0.25) is 11.9 Å². The highest BCUT2D eigenvalue weighted by Gasteiger charge is 2.55. The topological polar surface area (TPSA) is 120 Å². The number of imidazole rings is 1. The van der Waals surface area contributed by atoms with Crippen LogP contribution in [0.2, 0.25) is 5.02 Å². The molecule has 0 amide bonds. The van der Waals surface area contributed by atoms with Gasteiger partial charge in [-0.05, 0) is 60.0 Å². The van der Waals surface area contributed by atoms with Gasteiger partial charge in [0, 0.05) is 28.3 Å². The largest absolute Gasteiger partial charge is 0.317 e. The van der Waals surface area contributed by atoms with Gasteiger partial charge in [-0.25, -0.2) is 15.0 Å². The van der Waals surface area contributed by atoms with Crippen LogP contribution in [0, 0.1) is 24.7 Å². The van der Waals surface area contributed by atoms with Crippen LogP contribution in [0.25, 0.3) is 28.2 Å². The fourth-order valence-electron chi connectivity index (χ4n) is 5.14. The van der Waals surface area contributed by atoms with E-state index in [4.69, 9.17) is 16.6 Å². The Bertz CT molecular complexity index is 1760. The second kappa shape index (κ2) is 7.84. The molecule has 1 saturated carbocycles. The number of hydrogen-bond donors (Lipinski definition) is 1. The Morgan fingerprint density at radius 3 is 2.73 bits per heavy atom. The Hall–Kier alpha value is -4.32. The second-order valence-corrected chi connectivity index (χ2v) is 9.59. The molecule has 5 aromatic rings. The minimum absolute atomic E-state index is 0.0164. The molecule has 13 heteroatoms. The van der Waals surface area contributed by atoms with Crippen LogP contribution in [0.5, 0.6) is 0 Å². The third kappa shape index (κ3) is 3.39. The fraction of sp³-hybridized carbons (Fsp3) is 0.208. The first-order valence-electron chi connectivity index (χ1n) is 11.4. The quantitative estimate of drug-likeness (QED) is 0.360. The van der Waals surface area contributed by atoms with Crippen molar-refractivity contribution in [1.29, 1.82) is 0 Å². The van der Waals surface area contributed by atoms with Gasteiger partial charge in [-0.15, -0.1) is 5.10 Å². The summed E-state index contributed by atoms with van der Waals surface area (Å²) in [6, 6.07) is 9.04. The Morgan fingerprint density at radius 2 is 1.95 bits per heavy atom. The Balaban J connectivity index is 1.33. The number of nitrogens with one attached hydrogen (secondary N) is 1. The summed E-state index contributed by atoms with van der Waals surface area (Å²) in [5.41, 5.74) is 1.56. The number of fused-ring (bicyclic) bond motifs is 3. The van der Waals surface area contributed by atoms with E-state index in [0.29, 0.717) is 33.5 Å². The summed E-state index contributed by atoms with van der Waals surface area (Å²) in [6.07, 6.45) is 2.21. The zero-order valence-electron chi connectivity index (χ0n) is 19.1. The van der Waals surface area contributed by atoms with Gasteiger partial charge in [0.05, 0.1) is 23.0 Å². The number of aromatic nitrogens is 9. The molecule has 2 aliphatic rings. The van der Waals surface area contributed by atoms with Gasteiger partial charge in [-0.2, -0.15) is 13.5 Å². The van der Waals surface area contributed by atoms with Crippen molar-refractivity contribution in [3.05, 3.63) is 87.3 Å². The van der Waals surface area contributed by atoms with Crippen molar-refractivity contribution >= 4 is 11.6 Å². The van der Waals surface area contributed by atoms with Crippen LogP contribution in [0.1, 0.15) is 35.7 Å². The van der Waals surface area contributed by atoms with Gasteiger partial charge < -0.3 is 4.98 Å². The lowest BCUT2D eigenvalue weighted by Gasteiger charge is -2.16. The molecule has 1 N–H and O–H groups in total. The van der Waals surface area contributed by atoms with Gasteiger partial charge in [-0.1, -0.05) is 11.6 Å². The molecular formula is C24H16ClF2N9O. The van der Waals surface area contributed by atoms with Crippen LogP contribution in [0.15, 0.2) is 47.5 Å². The number of hydrogen-bond acceptors (Lipinski definition) is 7. The highest BCUT2D eigenvalue weighted by atomic mass is 35.5. The normalized spacial score (nSPS) is 19.6. The lowest BCUT2D eigenvalue weighted by molar-refractivity contribution is 0.500. The number of nitrogens with zero attached hydrogens (tertiary/aromatic N) is 8. The number of rotatable bonds is 4. The van der Waals surface area contributed by atoms with Gasteiger partial charge in [0.15, 0.2) is 0 Å². The molecule has 3 atom stereocenters. The van der Waals surface area contributed by atoms with E-state index in [1.807, 2.05) is 0 Å². The van der Waals surface area contributed by atoms with Crippen molar-refractivity contribution in [2.45, 2.75) is 25.3 Å². The van der Waals surface area contributed by atoms with E-state index in [2.05, 4.69) is 30.5 Å². The first kappa shape index (κ1) is 21.9. The zero-order valence-corrected chi connectivity index (χ0v) is 19.9. The zero-order chi connectivity index (χ0) is 25.4. The molecule has 1 fully saturated rings. The predicted molar refractivity (Wildman–Crippen MR) is 127 cm³/mol. The van der Waals surface area contributed by atoms with Crippen LogP contribution in [-0.2, 0) is 0 Å². The van der Waals surface area contributed by atoms with Crippen LogP contribution < -0.4 is 5.56 Å². The molecule has 0 bridgehead atoms. The maximum atomic E-state index is 14.9. The molecule has 4 aromatic heterocycles. The molecule has 1 aliphatic carbocycles. The van der Waals surface area contributed by atoms with Gasteiger partial charge in [-0.3, -0.25) is 9.36 Å². The molecule has 0 spiro atoms. The summed E-state index contributed by atoms with van der Waals surface area (Å²) in [6.45, 7) is 1.64. The summed E-state index contributed by atoms with van der Waals surface area (Å²) in [7, 11) is 0. The number of H-pyrrole nitrogens is 1. The highest BCUT2D eigenvalue weighted by Crippen LogP contribution is 2.60. The summed E-state index contributed by atoms with van der Waals surface area (Å²) in [5.74, 6) is -0.727. The van der Waals surface area contributed by atoms with Gasteiger partial charge >= 0.3 is 0 Å². The van der Waals surface area contributed by atoms with E-state index in [0.717, 1.165) is 6.42 Å². The molecule has 1 aromatic carbocycles. The van der Waals surface area contributed by atoms with Crippen molar-refractivity contribution in [1.82, 2.24) is 44.7 Å². The molecule has 0 saturated heterocycles. The second-order valence-electron chi connectivity index (χ2n) is 9.15. The lowest BCUT2D eigenvalue weighted by atomic mass is 10.1. The van der Waals surface area contributed by atoms with E-state index >= 15 is 0 Å². The first-order chi connectivity index (χ1) is 17.9. The van der Waals surface area contributed by atoms with Gasteiger partial charge in [0.1, 0.15) is 23.7 Å². The molecule has 1 aliphatic heterocycles. The molecule has 184 valence electrons. The summed E-state index contributed by atoms with van der Waals surface area (Å²) < 4.78 is 32.3. The third-order valence-electron chi connectivity index (χ3n) is 6.87. The van der Waals surface area contributed by atoms with Crippen molar-refractivity contribution in [3.63, 3.8) is 0 Å². The van der Waals surface area contributed by atoms with Crippen molar-refractivity contribution < 1.29 is 8.78 Å². The van der Waals surface area contributed by atoms with Crippen LogP contribution >= 0.6 is 11.6 Å². The number of benzene rings is 1. The monoisotopic (exact) mass is 519 g/mol. The van der Waals surface area contributed by atoms with Crippen LogP contribution in [0.4, 0.5) is 8.78 Å². The van der Waals surface area contributed by atoms with E-state index in [-0.39, 0.29) is 34.5 Å². The number of aromatic amines is 1. The van der Waals surface area contributed by atoms with Crippen LogP contribution in [-0.4, -0.2) is 44.7 Å². The molecule has 5 heterocycles. The van der Waals surface area contributed by atoms with Crippen molar-refractivity contribution in [3.8, 4) is 28.2 Å². The number of tetrazole rings is 1. The SMILES string of the molecule is Cc1ccc(-c2nc(C3C4CC4c4nc(-c5cc(Cl)ccc5-n5cnnn5)cc(=O)n43)[nH]c2F)c(F)n1. The molecule has 37 heavy (non-hydrogen) atoms.